The van der Waals surface area contributed by atoms with Gasteiger partial charge in [-0.1, -0.05) is 19.1 Å². The van der Waals surface area contributed by atoms with E-state index in [-0.39, 0.29) is 12.1 Å². The molecule has 1 amide bonds. The number of benzene rings is 1. The molecule has 2 rings (SSSR count). The lowest BCUT2D eigenvalue weighted by molar-refractivity contribution is -0.116. The highest BCUT2D eigenvalue weighted by Gasteiger charge is 2.16. The van der Waals surface area contributed by atoms with Gasteiger partial charge in [-0.25, -0.2) is 4.98 Å². The summed E-state index contributed by atoms with van der Waals surface area (Å²) in [5.41, 5.74) is 1.80. The number of carbonyl (C=O) groups excluding carboxylic acids is 1. The van der Waals surface area contributed by atoms with Gasteiger partial charge in [0.05, 0.1) is 11.0 Å². The second-order valence-corrected chi connectivity index (χ2v) is 4.25. The number of nitrogens with one attached hydrogen (secondary N) is 1. The van der Waals surface area contributed by atoms with Gasteiger partial charge in [0.1, 0.15) is 6.23 Å². The van der Waals surface area contributed by atoms with Crippen LogP contribution in [0, 0.1) is 0 Å². The summed E-state index contributed by atoms with van der Waals surface area (Å²) in [7, 11) is 0. The number of nitrogens with zero attached hydrogens (tertiary/aromatic N) is 2. The number of hydrogen-bond acceptors (Lipinski definition) is 3. The molecular weight excluding hydrogens is 242 g/mol. The molecular formula is C14H19N3O2. The Morgan fingerprint density at radius 3 is 2.84 bits per heavy atom. The van der Waals surface area contributed by atoms with Crippen molar-refractivity contribution in [2.45, 2.75) is 33.4 Å². The first kappa shape index (κ1) is 13.5. The number of fused-ring (bicyclic) bond motifs is 1. The SMILES string of the molecule is CCOC(C)n1c(NC(=O)CC)nc2ccccc21. The molecule has 1 unspecified atom stereocenters. The van der Waals surface area contributed by atoms with Crippen molar-refractivity contribution in [3.8, 4) is 0 Å². The zero-order chi connectivity index (χ0) is 13.8. The van der Waals surface area contributed by atoms with Crippen LogP contribution in [0.3, 0.4) is 0 Å². The van der Waals surface area contributed by atoms with Gasteiger partial charge in [0, 0.05) is 13.0 Å². The minimum atomic E-state index is -0.176. The first-order valence-corrected chi connectivity index (χ1v) is 6.55. The summed E-state index contributed by atoms with van der Waals surface area (Å²) in [6, 6.07) is 7.77. The molecule has 1 atom stereocenters. The van der Waals surface area contributed by atoms with E-state index in [2.05, 4.69) is 10.3 Å². The number of amides is 1. The lowest BCUT2D eigenvalue weighted by Gasteiger charge is -2.17. The van der Waals surface area contributed by atoms with E-state index >= 15 is 0 Å². The Morgan fingerprint density at radius 2 is 2.16 bits per heavy atom. The second-order valence-electron chi connectivity index (χ2n) is 4.25. The van der Waals surface area contributed by atoms with Gasteiger partial charge in [-0.2, -0.15) is 0 Å². The van der Waals surface area contributed by atoms with Crippen LogP contribution in [0.5, 0.6) is 0 Å². The fourth-order valence-corrected chi connectivity index (χ4v) is 2.03. The van der Waals surface area contributed by atoms with Crippen LogP contribution in [0.1, 0.15) is 33.4 Å². The molecule has 0 spiro atoms. The maximum absolute atomic E-state index is 11.6. The summed E-state index contributed by atoms with van der Waals surface area (Å²) < 4.78 is 7.53. The molecule has 5 heteroatoms. The molecule has 0 saturated carbocycles. The molecule has 0 saturated heterocycles. The number of carbonyl (C=O) groups is 1. The van der Waals surface area contributed by atoms with Crippen LogP contribution in [-0.4, -0.2) is 22.1 Å². The van der Waals surface area contributed by atoms with Gasteiger partial charge in [-0.05, 0) is 26.0 Å². The summed E-state index contributed by atoms with van der Waals surface area (Å²) in [5.74, 6) is 0.481. The van der Waals surface area contributed by atoms with Crippen molar-refractivity contribution in [3.63, 3.8) is 0 Å². The van der Waals surface area contributed by atoms with Crippen LogP contribution in [0.25, 0.3) is 11.0 Å². The number of para-hydroxylation sites is 2. The average molecular weight is 261 g/mol. The minimum absolute atomic E-state index is 0.0553. The van der Waals surface area contributed by atoms with Gasteiger partial charge in [0.15, 0.2) is 0 Å². The van der Waals surface area contributed by atoms with Crippen LogP contribution in [0.2, 0.25) is 0 Å². The number of imidazole rings is 1. The molecule has 102 valence electrons. The van der Waals surface area contributed by atoms with E-state index in [0.29, 0.717) is 19.0 Å². The summed E-state index contributed by atoms with van der Waals surface area (Å²) in [4.78, 5) is 16.0. The van der Waals surface area contributed by atoms with Crippen molar-refractivity contribution in [2.75, 3.05) is 11.9 Å². The first-order valence-electron chi connectivity index (χ1n) is 6.55. The van der Waals surface area contributed by atoms with E-state index in [1.807, 2.05) is 49.6 Å². The largest absolute Gasteiger partial charge is 0.358 e. The van der Waals surface area contributed by atoms with E-state index < -0.39 is 0 Å². The van der Waals surface area contributed by atoms with Crippen molar-refractivity contribution in [1.29, 1.82) is 0 Å². The summed E-state index contributed by atoms with van der Waals surface area (Å²) in [5, 5.41) is 2.82. The van der Waals surface area contributed by atoms with Crippen molar-refractivity contribution >= 4 is 22.9 Å². The highest BCUT2D eigenvalue weighted by molar-refractivity contribution is 5.91. The first-order chi connectivity index (χ1) is 9.17. The third-order valence-corrected chi connectivity index (χ3v) is 2.94. The normalized spacial score (nSPS) is 12.6. The van der Waals surface area contributed by atoms with Crippen LogP contribution in [0.4, 0.5) is 5.95 Å². The Hall–Kier alpha value is -1.88. The molecule has 0 aliphatic carbocycles. The summed E-state index contributed by atoms with van der Waals surface area (Å²) in [6.45, 7) is 6.31. The second kappa shape index (κ2) is 5.84. The zero-order valence-corrected chi connectivity index (χ0v) is 11.5. The number of rotatable bonds is 5. The number of hydrogen-bond donors (Lipinski definition) is 1. The van der Waals surface area contributed by atoms with Gasteiger partial charge in [-0.3, -0.25) is 14.7 Å². The smallest absolute Gasteiger partial charge is 0.226 e. The van der Waals surface area contributed by atoms with Crippen molar-refractivity contribution in [3.05, 3.63) is 24.3 Å². The van der Waals surface area contributed by atoms with Crippen LogP contribution in [-0.2, 0) is 9.53 Å². The Balaban J connectivity index is 2.48. The van der Waals surface area contributed by atoms with Crippen LogP contribution < -0.4 is 5.32 Å². The molecule has 19 heavy (non-hydrogen) atoms. The van der Waals surface area contributed by atoms with E-state index in [0.717, 1.165) is 11.0 Å². The molecule has 0 bridgehead atoms. The Kier molecular flexibility index (Phi) is 4.16. The highest BCUT2D eigenvalue weighted by Crippen LogP contribution is 2.25. The van der Waals surface area contributed by atoms with Gasteiger partial charge in [0.25, 0.3) is 0 Å². The van der Waals surface area contributed by atoms with Crippen LogP contribution >= 0.6 is 0 Å². The fraction of sp³-hybridized carbons (Fsp3) is 0.429. The van der Waals surface area contributed by atoms with Crippen molar-refractivity contribution in [1.82, 2.24) is 9.55 Å². The summed E-state index contributed by atoms with van der Waals surface area (Å²) in [6.07, 6.45) is 0.247. The van der Waals surface area contributed by atoms with E-state index in [1.54, 1.807) is 0 Å². The Labute approximate surface area is 112 Å². The Bertz CT molecular complexity index is 577. The third-order valence-electron chi connectivity index (χ3n) is 2.94. The average Bonchev–Trinajstić information content (AvgIpc) is 2.76. The van der Waals surface area contributed by atoms with Gasteiger partial charge >= 0.3 is 0 Å². The van der Waals surface area contributed by atoms with Gasteiger partial charge < -0.3 is 4.74 Å². The Morgan fingerprint density at radius 1 is 1.42 bits per heavy atom. The maximum atomic E-state index is 11.6. The fourth-order valence-electron chi connectivity index (χ4n) is 2.03. The lowest BCUT2D eigenvalue weighted by Crippen LogP contribution is -2.17. The molecule has 5 nitrogen and oxygen atoms in total. The minimum Gasteiger partial charge on any atom is -0.358 e. The number of ether oxygens (including phenoxy) is 1. The molecule has 1 aromatic heterocycles. The van der Waals surface area contributed by atoms with E-state index in [1.165, 1.54) is 0 Å². The monoisotopic (exact) mass is 261 g/mol. The van der Waals surface area contributed by atoms with Crippen molar-refractivity contribution in [2.24, 2.45) is 0 Å². The topological polar surface area (TPSA) is 56.1 Å². The predicted molar refractivity (Wildman–Crippen MR) is 75.0 cm³/mol. The molecule has 1 heterocycles. The molecule has 2 aromatic rings. The third kappa shape index (κ3) is 2.76. The molecule has 1 N–H and O–H groups in total. The molecule has 0 fully saturated rings. The quantitative estimate of drug-likeness (QED) is 0.900. The van der Waals surface area contributed by atoms with E-state index in [4.69, 9.17) is 4.74 Å². The molecule has 1 aromatic carbocycles. The molecule has 0 aliphatic rings. The standard InChI is InChI=1S/C14H19N3O2/c1-4-13(18)16-14-15-11-8-6-7-9-12(11)17(14)10(3)19-5-2/h6-10H,4-5H2,1-3H3,(H,15,16,18). The van der Waals surface area contributed by atoms with Gasteiger partial charge in [0.2, 0.25) is 11.9 Å². The van der Waals surface area contributed by atoms with Crippen molar-refractivity contribution < 1.29 is 9.53 Å². The van der Waals surface area contributed by atoms with Gasteiger partial charge in [-0.15, -0.1) is 0 Å². The molecule has 0 aliphatic heterocycles. The maximum Gasteiger partial charge on any atom is 0.226 e. The summed E-state index contributed by atoms with van der Waals surface area (Å²) >= 11 is 0. The highest BCUT2D eigenvalue weighted by atomic mass is 16.5. The van der Waals surface area contributed by atoms with E-state index in [9.17, 15) is 4.79 Å². The zero-order valence-electron chi connectivity index (χ0n) is 11.5. The van der Waals surface area contributed by atoms with Crippen LogP contribution in [0.15, 0.2) is 24.3 Å². The number of anilines is 1. The number of aromatic nitrogens is 2. The predicted octanol–water partition coefficient (Wildman–Crippen LogP) is 2.94. The lowest BCUT2D eigenvalue weighted by atomic mass is 10.3. The molecule has 0 radical (unpaired) electrons.